The van der Waals surface area contributed by atoms with Gasteiger partial charge in [0.1, 0.15) is 29.3 Å². The molecule has 0 aliphatic heterocycles. The first-order valence-electron chi connectivity index (χ1n) is 11.2. The summed E-state index contributed by atoms with van der Waals surface area (Å²) in [7, 11) is 0. The fraction of sp³-hybridized carbons (Fsp3) is 0.292. The van der Waals surface area contributed by atoms with Crippen molar-refractivity contribution in [3.63, 3.8) is 0 Å². The minimum Gasteiger partial charge on any atom is -0.760 e. The van der Waals surface area contributed by atoms with Gasteiger partial charge >= 0.3 is 0 Å². The van der Waals surface area contributed by atoms with Crippen LogP contribution in [0.25, 0.3) is 22.3 Å². The summed E-state index contributed by atoms with van der Waals surface area (Å²) in [6, 6.07) is 17.5. The molecule has 0 radical (unpaired) electrons. The largest absolute Gasteiger partial charge is 0.760 e. The van der Waals surface area contributed by atoms with Gasteiger partial charge in [-0.2, -0.15) is 5.10 Å². The number of hydrogen-bond acceptors (Lipinski definition) is 7. The lowest BCUT2D eigenvalue weighted by molar-refractivity contribution is 0.265. The molecule has 2 aromatic carbocycles. The molecule has 0 saturated heterocycles. The molecular formula is C24H25N6O3S-. The maximum Gasteiger partial charge on any atom is 0.164 e. The fourth-order valence-electron chi connectivity index (χ4n) is 4.54. The summed E-state index contributed by atoms with van der Waals surface area (Å²) in [5.74, 6) is 2.22. The van der Waals surface area contributed by atoms with Crippen LogP contribution in [0.2, 0.25) is 0 Å². The zero-order chi connectivity index (χ0) is 23.5. The van der Waals surface area contributed by atoms with Crippen LogP contribution in [0.15, 0.2) is 60.9 Å². The van der Waals surface area contributed by atoms with Crippen molar-refractivity contribution in [3.8, 4) is 22.8 Å². The van der Waals surface area contributed by atoms with E-state index in [2.05, 4.69) is 14.7 Å². The molecule has 2 aromatic heterocycles. The van der Waals surface area contributed by atoms with Crippen LogP contribution >= 0.6 is 0 Å². The Labute approximate surface area is 199 Å². The van der Waals surface area contributed by atoms with Gasteiger partial charge in [-0.15, -0.1) is 0 Å². The maximum absolute atomic E-state index is 10.8. The quantitative estimate of drug-likeness (QED) is 0.385. The summed E-state index contributed by atoms with van der Waals surface area (Å²) in [5, 5.41) is 5.68. The van der Waals surface area contributed by atoms with E-state index in [4.69, 9.17) is 15.6 Å². The Morgan fingerprint density at radius 3 is 2.44 bits per heavy atom. The highest BCUT2D eigenvalue weighted by Crippen LogP contribution is 2.37. The highest BCUT2D eigenvalue weighted by molar-refractivity contribution is 7.77. The van der Waals surface area contributed by atoms with Gasteiger partial charge in [0.25, 0.3) is 0 Å². The number of nitrogens with two attached hydrogens (primary N) is 1. The number of aromatic nitrogens is 4. The minimum absolute atomic E-state index is 0.167. The van der Waals surface area contributed by atoms with Crippen molar-refractivity contribution in [2.24, 2.45) is 5.92 Å². The van der Waals surface area contributed by atoms with Crippen LogP contribution in [-0.2, 0) is 11.3 Å². The van der Waals surface area contributed by atoms with Gasteiger partial charge in [-0.3, -0.25) is 4.21 Å². The molecule has 3 N–H and O–H groups in total. The molecule has 1 atom stereocenters. The van der Waals surface area contributed by atoms with E-state index >= 15 is 0 Å². The second-order valence-corrected chi connectivity index (χ2v) is 9.21. The molecule has 34 heavy (non-hydrogen) atoms. The van der Waals surface area contributed by atoms with Crippen LogP contribution in [0.4, 0.5) is 5.82 Å². The van der Waals surface area contributed by atoms with E-state index in [-0.39, 0.29) is 6.04 Å². The Morgan fingerprint density at radius 1 is 1.03 bits per heavy atom. The van der Waals surface area contributed by atoms with Crippen molar-refractivity contribution in [3.05, 3.63) is 60.9 Å². The number of nitrogen functional groups attached to an aromatic ring is 1. The molecule has 1 fully saturated rings. The Balaban J connectivity index is 1.40. The first-order valence-corrected chi connectivity index (χ1v) is 12.3. The molecule has 176 valence electrons. The third kappa shape index (κ3) is 4.79. The summed E-state index contributed by atoms with van der Waals surface area (Å²) in [4.78, 5) is 8.71. The number of fused-ring (bicyclic) bond motifs is 1. The van der Waals surface area contributed by atoms with E-state index in [9.17, 15) is 8.76 Å². The number of nitrogens with zero attached hydrogens (tertiary/aromatic N) is 4. The predicted octanol–water partition coefficient (Wildman–Crippen LogP) is 3.98. The number of nitrogens with one attached hydrogen (secondary N) is 1. The second kappa shape index (κ2) is 9.88. The van der Waals surface area contributed by atoms with Crippen LogP contribution in [-0.4, -0.2) is 35.1 Å². The average molecular weight is 478 g/mol. The Hall–Kier alpha value is -3.34. The number of anilines is 1. The molecular weight excluding hydrogens is 452 g/mol. The number of ether oxygens (including phenoxy) is 1. The second-order valence-electron chi connectivity index (χ2n) is 8.45. The zero-order valence-electron chi connectivity index (χ0n) is 18.5. The van der Waals surface area contributed by atoms with Gasteiger partial charge in [0, 0.05) is 23.4 Å². The van der Waals surface area contributed by atoms with Crippen molar-refractivity contribution in [2.75, 3.05) is 12.3 Å². The van der Waals surface area contributed by atoms with E-state index in [0.717, 1.165) is 53.8 Å². The molecule has 1 unspecified atom stereocenters. The van der Waals surface area contributed by atoms with E-state index < -0.39 is 11.3 Å². The monoisotopic (exact) mass is 477 g/mol. The summed E-state index contributed by atoms with van der Waals surface area (Å²) >= 11 is -2.22. The van der Waals surface area contributed by atoms with Gasteiger partial charge in [-0.05, 0) is 68.0 Å². The Kier molecular flexibility index (Phi) is 6.52. The summed E-state index contributed by atoms with van der Waals surface area (Å²) in [5.41, 5.74) is 8.63. The molecule has 10 heteroatoms. The SMILES string of the molecule is Nc1ncnc2c1c(-c1ccc(Oc3ccccc3)cc1)nn2C1CCC(CNS(=O)[O-])CC1. The molecule has 2 heterocycles. The highest BCUT2D eigenvalue weighted by atomic mass is 32.2. The van der Waals surface area contributed by atoms with Gasteiger partial charge < -0.3 is 15.0 Å². The lowest BCUT2D eigenvalue weighted by Gasteiger charge is -2.29. The lowest BCUT2D eigenvalue weighted by atomic mass is 9.86. The molecule has 5 rings (SSSR count). The highest BCUT2D eigenvalue weighted by Gasteiger charge is 2.27. The van der Waals surface area contributed by atoms with Crippen molar-refractivity contribution >= 4 is 28.1 Å². The zero-order valence-corrected chi connectivity index (χ0v) is 19.3. The van der Waals surface area contributed by atoms with Gasteiger partial charge in [-0.25, -0.2) is 19.4 Å². The fourth-order valence-corrected chi connectivity index (χ4v) is 4.91. The minimum atomic E-state index is -2.22. The van der Waals surface area contributed by atoms with Gasteiger partial charge in [0.15, 0.2) is 5.65 Å². The normalized spacial score (nSPS) is 19.2. The summed E-state index contributed by atoms with van der Waals surface area (Å²) < 4.78 is 32.0. The maximum atomic E-state index is 10.8. The van der Waals surface area contributed by atoms with Crippen molar-refractivity contribution < 1.29 is 13.5 Å². The number of para-hydroxylation sites is 1. The van der Waals surface area contributed by atoms with E-state index in [1.807, 2.05) is 59.3 Å². The third-order valence-electron chi connectivity index (χ3n) is 6.28. The Morgan fingerprint density at radius 2 is 1.74 bits per heavy atom. The van der Waals surface area contributed by atoms with Crippen LogP contribution in [0.3, 0.4) is 0 Å². The van der Waals surface area contributed by atoms with Crippen LogP contribution < -0.4 is 15.2 Å². The van der Waals surface area contributed by atoms with E-state index in [1.54, 1.807) is 0 Å². The molecule has 0 amide bonds. The number of benzene rings is 2. The Bertz CT molecular complexity index is 1290. The van der Waals surface area contributed by atoms with Gasteiger partial charge in [0.2, 0.25) is 0 Å². The predicted molar refractivity (Wildman–Crippen MR) is 130 cm³/mol. The van der Waals surface area contributed by atoms with E-state index in [0.29, 0.717) is 23.9 Å². The van der Waals surface area contributed by atoms with Crippen molar-refractivity contribution in [1.29, 1.82) is 0 Å². The first kappa shape index (κ1) is 22.5. The number of rotatable bonds is 7. The van der Waals surface area contributed by atoms with Crippen LogP contribution in [0.1, 0.15) is 31.7 Å². The van der Waals surface area contributed by atoms with Crippen LogP contribution in [0.5, 0.6) is 11.5 Å². The molecule has 1 aliphatic carbocycles. The average Bonchev–Trinajstić information content (AvgIpc) is 3.25. The molecule has 0 bridgehead atoms. The molecule has 1 saturated carbocycles. The number of hydrogen-bond donors (Lipinski definition) is 2. The van der Waals surface area contributed by atoms with Crippen molar-refractivity contribution in [1.82, 2.24) is 24.5 Å². The third-order valence-corrected chi connectivity index (χ3v) is 6.68. The lowest BCUT2D eigenvalue weighted by Crippen LogP contribution is -2.28. The topological polar surface area (TPSA) is 131 Å². The van der Waals surface area contributed by atoms with Gasteiger partial charge in [0.05, 0.1) is 11.4 Å². The molecule has 0 spiro atoms. The van der Waals surface area contributed by atoms with E-state index in [1.165, 1.54) is 6.33 Å². The first-order chi connectivity index (χ1) is 16.6. The molecule has 4 aromatic rings. The van der Waals surface area contributed by atoms with Gasteiger partial charge in [-0.1, -0.05) is 18.2 Å². The van der Waals surface area contributed by atoms with Crippen LogP contribution in [0, 0.1) is 5.92 Å². The smallest absolute Gasteiger partial charge is 0.164 e. The molecule has 1 aliphatic rings. The summed E-state index contributed by atoms with van der Waals surface area (Å²) in [6.07, 6.45) is 5.08. The summed E-state index contributed by atoms with van der Waals surface area (Å²) in [6.45, 7) is 0.473. The van der Waals surface area contributed by atoms with Crippen molar-refractivity contribution in [2.45, 2.75) is 31.7 Å². The molecule has 9 nitrogen and oxygen atoms in total. The standard InChI is InChI=1S/C24H26N6O3S/c25-23-21-22(17-8-12-20(13-9-17)33-19-4-2-1-3-5-19)29-30(24(21)27-15-26-23)18-10-6-16(7-11-18)14-28-34(31)32/h1-5,8-9,12-13,15-16,18,28H,6-7,10-11,14H2,(H,31,32)(H2,25,26,27)/p-1.